The fourth-order valence-corrected chi connectivity index (χ4v) is 2.59. The van der Waals surface area contributed by atoms with E-state index in [1.54, 1.807) is 6.07 Å². The van der Waals surface area contributed by atoms with Crippen molar-refractivity contribution in [2.24, 2.45) is 10.2 Å². The molecule has 0 aliphatic carbocycles. The lowest BCUT2D eigenvalue weighted by Gasteiger charge is -1.91. The first-order chi connectivity index (χ1) is 10.1. The van der Waals surface area contributed by atoms with Gasteiger partial charge in [0.15, 0.2) is 0 Å². The first kappa shape index (κ1) is 13.3. The first-order valence-corrected chi connectivity index (χ1v) is 6.97. The predicted molar refractivity (Wildman–Crippen MR) is 81.6 cm³/mol. The molecule has 3 aromatic rings. The van der Waals surface area contributed by atoms with Crippen molar-refractivity contribution in [2.45, 2.75) is 6.92 Å². The number of nitro benzene ring substituents is 1. The molecule has 0 radical (unpaired) electrons. The minimum Gasteiger partial charge on any atom is -0.258 e. The number of thiazole rings is 1. The molecule has 0 spiro atoms. The number of aromatic nitrogens is 1. The summed E-state index contributed by atoms with van der Waals surface area (Å²) in [6.45, 7) is 2.00. The second kappa shape index (κ2) is 5.37. The Morgan fingerprint density at radius 3 is 2.62 bits per heavy atom. The molecule has 0 N–H and O–H groups in total. The summed E-state index contributed by atoms with van der Waals surface area (Å²) in [5.74, 6) is 0. The van der Waals surface area contributed by atoms with Crippen molar-refractivity contribution < 1.29 is 4.92 Å². The van der Waals surface area contributed by atoms with E-state index in [1.807, 2.05) is 31.2 Å². The number of nitro groups is 1. The van der Waals surface area contributed by atoms with E-state index in [4.69, 9.17) is 0 Å². The molecule has 6 nitrogen and oxygen atoms in total. The number of rotatable bonds is 3. The fraction of sp³-hybridized carbons (Fsp3) is 0.0714. The van der Waals surface area contributed by atoms with E-state index in [0.717, 1.165) is 16.0 Å². The number of azo groups is 1. The SMILES string of the molecule is Cc1ccc(N=Nc2nc3ccc([N+](=O)[O-])cc3s2)cc1. The van der Waals surface area contributed by atoms with Crippen LogP contribution in [0.4, 0.5) is 16.5 Å². The van der Waals surface area contributed by atoms with Gasteiger partial charge in [0, 0.05) is 12.1 Å². The molecule has 0 aliphatic heterocycles. The highest BCUT2D eigenvalue weighted by atomic mass is 32.1. The lowest BCUT2D eigenvalue weighted by molar-refractivity contribution is -0.384. The Balaban J connectivity index is 1.90. The third-order valence-electron chi connectivity index (χ3n) is 2.86. The van der Waals surface area contributed by atoms with E-state index in [0.29, 0.717) is 10.6 Å². The van der Waals surface area contributed by atoms with Crippen molar-refractivity contribution in [3.05, 3.63) is 58.1 Å². The minimum absolute atomic E-state index is 0.0492. The highest BCUT2D eigenvalue weighted by molar-refractivity contribution is 7.21. The Kier molecular flexibility index (Phi) is 3.41. The van der Waals surface area contributed by atoms with Gasteiger partial charge in [0.1, 0.15) is 0 Å². The molecule has 0 aliphatic rings. The van der Waals surface area contributed by atoms with Gasteiger partial charge in [-0.2, -0.15) is 0 Å². The highest BCUT2D eigenvalue weighted by Gasteiger charge is 2.09. The molecule has 0 amide bonds. The van der Waals surface area contributed by atoms with Crippen LogP contribution in [-0.4, -0.2) is 9.91 Å². The number of aryl methyl sites for hydroxylation is 1. The van der Waals surface area contributed by atoms with E-state index in [2.05, 4.69) is 15.2 Å². The molecule has 0 fully saturated rings. The first-order valence-electron chi connectivity index (χ1n) is 6.15. The monoisotopic (exact) mass is 298 g/mol. The summed E-state index contributed by atoms with van der Waals surface area (Å²) in [5, 5.41) is 19.4. The third-order valence-corrected chi connectivity index (χ3v) is 3.76. The second-order valence-electron chi connectivity index (χ2n) is 4.44. The number of fused-ring (bicyclic) bond motifs is 1. The quantitative estimate of drug-likeness (QED) is 0.390. The summed E-state index contributed by atoms with van der Waals surface area (Å²) in [6.07, 6.45) is 0. The smallest absolute Gasteiger partial charge is 0.258 e. The molecule has 1 heterocycles. The zero-order chi connectivity index (χ0) is 14.8. The van der Waals surface area contributed by atoms with Crippen molar-refractivity contribution in [1.29, 1.82) is 0 Å². The van der Waals surface area contributed by atoms with Crippen LogP contribution >= 0.6 is 11.3 Å². The van der Waals surface area contributed by atoms with Crippen molar-refractivity contribution in [2.75, 3.05) is 0 Å². The third kappa shape index (κ3) is 2.92. The van der Waals surface area contributed by atoms with Crippen molar-refractivity contribution in [1.82, 2.24) is 4.98 Å². The number of non-ortho nitro benzene ring substituents is 1. The topological polar surface area (TPSA) is 80.8 Å². The van der Waals surface area contributed by atoms with Crippen molar-refractivity contribution >= 4 is 38.1 Å². The molecule has 2 aromatic carbocycles. The van der Waals surface area contributed by atoms with Gasteiger partial charge in [-0.3, -0.25) is 10.1 Å². The molecule has 21 heavy (non-hydrogen) atoms. The maximum atomic E-state index is 10.7. The van der Waals surface area contributed by atoms with Gasteiger partial charge in [0.2, 0.25) is 5.13 Å². The Hall–Kier alpha value is -2.67. The Bertz CT molecular complexity index is 840. The van der Waals surface area contributed by atoms with Crippen LogP contribution in [0.15, 0.2) is 52.7 Å². The molecule has 1 aromatic heterocycles. The molecule has 104 valence electrons. The normalized spacial score (nSPS) is 11.3. The summed E-state index contributed by atoms with van der Waals surface area (Å²) in [4.78, 5) is 14.6. The average molecular weight is 298 g/mol. The maximum absolute atomic E-state index is 10.7. The average Bonchev–Trinajstić information content (AvgIpc) is 2.88. The van der Waals surface area contributed by atoms with Gasteiger partial charge in [-0.25, -0.2) is 4.98 Å². The van der Waals surface area contributed by atoms with Crippen molar-refractivity contribution in [3.8, 4) is 0 Å². The summed E-state index contributed by atoms with van der Waals surface area (Å²) < 4.78 is 0.724. The summed E-state index contributed by atoms with van der Waals surface area (Å²) in [7, 11) is 0. The van der Waals surface area contributed by atoms with Crippen LogP contribution in [-0.2, 0) is 0 Å². The zero-order valence-corrected chi connectivity index (χ0v) is 11.9. The van der Waals surface area contributed by atoms with Crippen LogP contribution in [0.5, 0.6) is 0 Å². The molecule has 0 unspecified atom stereocenters. The van der Waals surface area contributed by atoms with Gasteiger partial charge in [-0.1, -0.05) is 29.0 Å². The molecule has 0 bridgehead atoms. The van der Waals surface area contributed by atoms with Crippen LogP contribution in [0, 0.1) is 17.0 Å². The second-order valence-corrected chi connectivity index (χ2v) is 5.45. The van der Waals surface area contributed by atoms with Gasteiger partial charge < -0.3 is 0 Å². The van der Waals surface area contributed by atoms with Crippen LogP contribution in [0.3, 0.4) is 0 Å². The van der Waals surface area contributed by atoms with Gasteiger partial charge >= 0.3 is 0 Å². The van der Waals surface area contributed by atoms with Crippen LogP contribution < -0.4 is 0 Å². The molecule has 0 saturated carbocycles. The lowest BCUT2D eigenvalue weighted by Crippen LogP contribution is -1.85. The van der Waals surface area contributed by atoms with Gasteiger partial charge in [0.25, 0.3) is 5.69 Å². The largest absolute Gasteiger partial charge is 0.270 e. The van der Waals surface area contributed by atoms with E-state index < -0.39 is 4.92 Å². The molecular formula is C14H10N4O2S. The fourth-order valence-electron chi connectivity index (χ4n) is 1.77. The van der Waals surface area contributed by atoms with E-state index in [-0.39, 0.29) is 5.69 Å². The summed E-state index contributed by atoms with van der Waals surface area (Å²) in [6, 6.07) is 12.2. The molecule has 7 heteroatoms. The van der Waals surface area contributed by atoms with Crippen molar-refractivity contribution in [3.63, 3.8) is 0 Å². The standard InChI is InChI=1S/C14H10N4O2S/c1-9-2-4-10(5-3-9)16-17-14-15-12-7-6-11(18(19)20)8-13(12)21-14/h2-8H,1H3. The number of benzene rings is 2. The lowest BCUT2D eigenvalue weighted by atomic mass is 10.2. The van der Waals surface area contributed by atoms with Gasteiger partial charge in [0.05, 0.1) is 20.8 Å². The Labute approximate surface area is 123 Å². The van der Waals surface area contributed by atoms with Gasteiger partial charge in [-0.15, -0.1) is 10.2 Å². The van der Waals surface area contributed by atoms with E-state index >= 15 is 0 Å². The van der Waals surface area contributed by atoms with Crippen LogP contribution in [0.2, 0.25) is 0 Å². The van der Waals surface area contributed by atoms with Crippen LogP contribution in [0.25, 0.3) is 10.2 Å². The molecule has 0 atom stereocenters. The van der Waals surface area contributed by atoms with E-state index in [1.165, 1.54) is 23.5 Å². The zero-order valence-electron chi connectivity index (χ0n) is 11.1. The Morgan fingerprint density at radius 1 is 1.14 bits per heavy atom. The maximum Gasteiger partial charge on any atom is 0.270 e. The molecule has 3 rings (SSSR count). The van der Waals surface area contributed by atoms with E-state index in [9.17, 15) is 10.1 Å². The number of hydrogen-bond donors (Lipinski definition) is 0. The highest BCUT2D eigenvalue weighted by Crippen LogP contribution is 2.31. The molecule has 0 saturated heterocycles. The number of hydrogen-bond acceptors (Lipinski definition) is 6. The van der Waals surface area contributed by atoms with Crippen LogP contribution in [0.1, 0.15) is 5.56 Å². The minimum atomic E-state index is -0.424. The molecular weight excluding hydrogens is 288 g/mol. The van der Waals surface area contributed by atoms with Gasteiger partial charge in [-0.05, 0) is 25.1 Å². The Morgan fingerprint density at radius 2 is 1.90 bits per heavy atom. The number of nitrogens with zero attached hydrogens (tertiary/aromatic N) is 4. The summed E-state index contributed by atoms with van der Waals surface area (Å²) in [5.41, 5.74) is 2.63. The predicted octanol–water partition coefficient (Wildman–Crippen LogP) is 4.93. The summed E-state index contributed by atoms with van der Waals surface area (Å²) >= 11 is 1.28.